The number of rotatable bonds is 4. The predicted molar refractivity (Wildman–Crippen MR) is 127 cm³/mol. The van der Waals surface area contributed by atoms with Gasteiger partial charge in [0.2, 0.25) is 0 Å². The van der Waals surface area contributed by atoms with E-state index in [4.69, 9.17) is 0 Å². The van der Waals surface area contributed by atoms with Crippen molar-refractivity contribution in [2.75, 3.05) is 18.0 Å². The maximum atomic E-state index is 12.9. The van der Waals surface area contributed by atoms with Crippen LogP contribution in [0, 0.1) is 6.92 Å². The number of thioether (sulfide) groups is 1. The fraction of sp³-hybridized carbons (Fsp3) is 0.583. The number of amidine groups is 1. The number of hydrogen-bond donors (Lipinski definition) is 0. The summed E-state index contributed by atoms with van der Waals surface area (Å²) in [7, 11) is 0. The van der Waals surface area contributed by atoms with Gasteiger partial charge in [0.05, 0.1) is 4.91 Å². The van der Waals surface area contributed by atoms with Gasteiger partial charge in [-0.05, 0) is 107 Å². The highest BCUT2D eigenvalue weighted by atomic mass is 32.2. The second kappa shape index (κ2) is 8.17. The Balaban J connectivity index is 2.06. The maximum Gasteiger partial charge on any atom is 0.266 e. The van der Waals surface area contributed by atoms with Crippen molar-refractivity contribution in [2.24, 2.45) is 4.99 Å². The second-order valence-corrected chi connectivity index (χ2v) is 10.1. The van der Waals surface area contributed by atoms with Crippen LogP contribution >= 0.6 is 11.8 Å². The van der Waals surface area contributed by atoms with Crippen LogP contribution in [0.5, 0.6) is 0 Å². The van der Waals surface area contributed by atoms with E-state index in [2.05, 4.69) is 69.6 Å². The minimum Gasteiger partial charge on any atom is -0.364 e. The lowest BCUT2D eigenvalue weighted by Gasteiger charge is -2.50. The SMILES string of the molecule is CCN=C1S/C(=C\c2cc3c(cc2C)N(C(C)C)C(C)(C)CC3C)C(=O)N1CC. The highest BCUT2D eigenvalue weighted by Gasteiger charge is 2.38. The normalized spacial score (nSPS) is 24.2. The molecule has 29 heavy (non-hydrogen) atoms. The maximum absolute atomic E-state index is 12.9. The van der Waals surface area contributed by atoms with Crippen molar-refractivity contribution in [2.45, 2.75) is 79.3 Å². The minimum atomic E-state index is 0.0693. The van der Waals surface area contributed by atoms with Crippen molar-refractivity contribution in [3.63, 3.8) is 0 Å². The number of nitrogens with zero attached hydrogens (tertiary/aromatic N) is 3. The van der Waals surface area contributed by atoms with Crippen LogP contribution in [-0.2, 0) is 4.79 Å². The molecule has 0 saturated carbocycles. The summed E-state index contributed by atoms with van der Waals surface area (Å²) in [6, 6.07) is 5.08. The molecule has 1 unspecified atom stereocenters. The van der Waals surface area contributed by atoms with E-state index in [0.29, 0.717) is 25.0 Å². The Bertz CT molecular complexity index is 869. The molecule has 1 aromatic carbocycles. The van der Waals surface area contributed by atoms with Crippen molar-refractivity contribution in [3.8, 4) is 0 Å². The number of amides is 1. The van der Waals surface area contributed by atoms with Gasteiger partial charge in [0.1, 0.15) is 0 Å². The van der Waals surface area contributed by atoms with E-state index >= 15 is 0 Å². The number of hydrogen-bond acceptors (Lipinski definition) is 4. The van der Waals surface area contributed by atoms with Gasteiger partial charge in [-0.1, -0.05) is 6.92 Å². The first-order valence-electron chi connectivity index (χ1n) is 10.8. The molecule has 2 aliphatic heterocycles. The van der Waals surface area contributed by atoms with E-state index < -0.39 is 0 Å². The first-order valence-corrected chi connectivity index (χ1v) is 11.6. The topological polar surface area (TPSA) is 35.9 Å². The van der Waals surface area contributed by atoms with Crippen molar-refractivity contribution in [1.29, 1.82) is 0 Å². The van der Waals surface area contributed by atoms with Gasteiger partial charge in [-0.15, -0.1) is 0 Å². The monoisotopic (exact) mass is 413 g/mol. The van der Waals surface area contributed by atoms with Crippen LogP contribution in [0.15, 0.2) is 22.0 Å². The van der Waals surface area contributed by atoms with E-state index in [1.54, 1.807) is 4.90 Å². The summed E-state index contributed by atoms with van der Waals surface area (Å²) in [4.78, 5) is 22.5. The van der Waals surface area contributed by atoms with Crippen LogP contribution in [-0.4, -0.2) is 40.6 Å². The largest absolute Gasteiger partial charge is 0.364 e. The highest BCUT2D eigenvalue weighted by molar-refractivity contribution is 8.18. The molecule has 5 heteroatoms. The van der Waals surface area contributed by atoms with Gasteiger partial charge in [0.25, 0.3) is 5.91 Å². The fourth-order valence-electron chi connectivity index (χ4n) is 4.93. The van der Waals surface area contributed by atoms with Crippen molar-refractivity contribution in [1.82, 2.24) is 4.90 Å². The molecule has 0 radical (unpaired) electrons. The van der Waals surface area contributed by atoms with Crippen molar-refractivity contribution >= 4 is 34.6 Å². The molecule has 0 bridgehead atoms. The lowest BCUT2D eigenvalue weighted by molar-refractivity contribution is -0.122. The third kappa shape index (κ3) is 3.98. The predicted octanol–water partition coefficient (Wildman–Crippen LogP) is 5.81. The van der Waals surface area contributed by atoms with E-state index in [1.165, 1.54) is 28.6 Å². The molecule has 2 heterocycles. The Kier molecular flexibility index (Phi) is 6.19. The zero-order valence-electron chi connectivity index (χ0n) is 19.2. The summed E-state index contributed by atoms with van der Waals surface area (Å²) >= 11 is 1.50. The molecule has 2 aliphatic rings. The van der Waals surface area contributed by atoms with Crippen molar-refractivity contribution in [3.05, 3.63) is 33.7 Å². The third-order valence-electron chi connectivity index (χ3n) is 5.96. The van der Waals surface area contributed by atoms with Crippen LogP contribution in [0.1, 0.15) is 77.5 Å². The summed E-state index contributed by atoms with van der Waals surface area (Å²) in [5.41, 5.74) is 5.22. The number of aryl methyl sites for hydroxylation is 1. The Morgan fingerprint density at radius 1 is 1.31 bits per heavy atom. The Labute approximate surface area is 180 Å². The summed E-state index contributed by atoms with van der Waals surface area (Å²) in [6.07, 6.45) is 3.19. The molecule has 0 N–H and O–H groups in total. The molecule has 0 aliphatic carbocycles. The lowest BCUT2D eigenvalue weighted by atomic mass is 9.78. The van der Waals surface area contributed by atoms with E-state index in [0.717, 1.165) is 22.1 Å². The quantitative estimate of drug-likeness (QED) is 0.585. The number of likely N-dealkylation sites (N-methyl/N-ethyl adjacent to an activating group) is 1. The van der Waals surface area contributed by atoms with Crippen LogP contribution in [0.3, 0.4) is 0 Å². The number of benzene rings is 1. The smallest absolute Gasteiger partial charge is 0.266 e. The van der Waals surface area contributed by atoms with Gasteiger partial charge in [-0.25, -0.2) is 0 Å². The summed E-state index contributed by atoms with van der Waals surface area (Å²) in [5.74, 6) is 0.559. The van der Waals surface area contributed by atoms with Crippen LogP contribution in [0.25, 0.3) is 6.08 Å². The molecule has 1 fully saturated rings. The molecule has 1 atom stereocenters. The van der Waals surface area contributed by atoms with E-state index in [9.17, 15) is 4.79 Å². The van der Waals surface area contributed by atoms with E-state index in [-0.39, 0.29) is 11.4 Å². The Morgan fingerprint density at radius 2 is 2.00 bits per heavy atom. The molecule has 1 aromatic rings. The highest BCUT2D eigenvalue weighted by Crippen LogP contribution is 2.46. The van der Waals surface area contributed by atoms with Gasteiger partial charge in [0, 0.05) is 30.4 Å². The van der Waals surface area contributed by atoms with Crippen LogP contribution in [0.4, 0.5) is 5.69 Å². The minimum absolute atomic E-state index is 0.0693. The summed E-state index contributed by atoms with van der Waals surface area (Å²) < 4.78 is 0. The first kappa shape index (κ1) is 21.9. The van der Waals surface area contributed by atoms with Gasteiger partial charge in [-0.2, -0.15) is 0 Å². The van der Waals surface area contributed by atoms with Crippen LogP contribution in [0.2, 0.25) is 0 Å². The molecule has 0 spiro atoms. The molecule has 158 valence electrons. The van der Waals surface area contributed by atoms with Gasteiger partial charge in [0.15, 0.2) is 5.17 Å². The molecule has 0 aromatic heterocycles. The Morgan fingerprint density at radius 3 is 2.59 bits per heavy atom. The molecular weight excluding hydrogens is 378 g/mol. The fourth-order valence-corrected chi connectivity index (χ4v) is 6.02. The second-order valence-electron chi connectivity index (χ2n) is 9.07. The van der Waals surface area contributed by atoms with Crippen LogP contribution < -0.4 is 4.90 Å². The first-order chi connectivity index (χ1) is 13.6. The van der Waals surface area contributed by atoms with E-state index in [1.807, 2.05) is 13.8 Å². The number of carbonyl (C=O) groups excluding carboxylic acids is 1. The number of fused-ring (bicyclic) bond motifs is 1. The summed E-state index contributed by atoms with van der Waals surface area (Å²) in [6.45, 7) is 19.1. The lowest BCUT2D eigenvalue weighted by Crippen LogP contribution is -2.51. The van der Waals surface area contributed by atoms with Crippen molar-refractivity contribution < 1.29 is 4.79 Å². The molecule has 1 saturated heterocycles. The number of aliphatic imine (C=N–C) groups is 1. The standard InChI is InChI=1S/C24H35N3OS/c1-9-25-23-26(10-2)22(28)21(29-23)13-18-12-19-17(6)14-24(7,8)27(15(3)4)20(19)11-16(18)5/h11-13,15,17H,9-10,14H2,1-8H3/b21-13-,25-23?. The zero-order chi connectivity index (χ0) is 21.5. The molecule has 4 nitrogen and oxygen atoms in total. The summed E-state index contributed by atoms with van der Waals surface area (Å²) in [5, 5.41) is 0.822. The average molecular weight is 414 g/mol. The molecule has 3 rings (SSSR count). The Hall–Kier alpha value is -1.75. The zero-order valence-corrected chi connectivity index (χ0v) is 20.0. The third-order valence-corrected chi connectivity index (χ3v) is 7.01. The average Bonchev–Trinajstić information content (AvgIpc) is 2.90. The number of anilines is 1. The van der Waals surface area contributed by atoms with Gasteiger partial charge >= 0.3 is 0 Å². The van der Waals surface area contributed by atoms with Gasteiger partial charge in [-0.3, -0.25) is 14.7 Å². The molecular formula is C24H35N3OS. The number of carbonyl (C=O) groups is 1. The van der Waals surface area contributed by atoms with Gasteiger partial charge < -0.3 is 4.90 Å². The molecule has 1 amide bonds.